The molecule has 0 spiro atoms. The van der Waals surface area contributed by atoms with Gasteiger partial charge in [0.25, 0.3) is 0 Å². The number of alkyl halides is 3. The summed E-state index contributed by atoms with van der Waals surface area (Å²) in [7, 11) is -3.61. The van der Waals surface area contributed by atoms with E-state index >= 15 is 0 Å². The number of benzene rings is 1. The summed E-state index contributed by atoms with van der Waals surface area (Å²) in [5, 5.41) is 2.20. The number of aryl methyl sites for hydroxylation is 1. The molecule has 0 bridgehead atoms. The van der Waals surface area contributed by atoms with Gasteiger partial charge in [-0.25, -0.2) is 17.8 Å². The standard InChI is InChI=1S/C18H14F4N4O3S/c1-8-10-7-9(19)3-5-12(10)29-14(8)15(18(20,21)22)25-17-23-11-4-6-13(30(2,27)28)24-16(11)26-17/h3-7,15H,1-2H3,(H2,23,24,25,26). The molecule has 0 aliphatic carbocycles. The molecular weight excluding hydrogens is 428 g/mol. The Labute approximate surface area is 167 Å². The maximum atomic E-state index is 13.8. The van der Waals surface area contributed by atoms with E-state index in [2.05, 4.69) is 20.3 Å². The van der Waals surface area contributed by atoms with Crippen LogP contribution in [0, 0.1) is 12.7 Å². The Morgan fingerprint density at radius 1 is 1.17 bits per heavy atom. The van der Waals surface area contributed by atoms with Gasteiger partial charge in [0, 0.05) is 17.2 Å². The summed E-state index contributed by atoms with van der Waals surface area (Å²) in [5.74, 6) is -1.32. The molecule has 4 aromatic rings. The Bertz CT molecular complexity index is 1380. The Morgan fingerprint density at radius 3 is 2.57 bits per heavy atom. The van der Waals surface area contributed by atoms with E-state index in [9.17, 15) is 26.0 Å². The van der Waals surface area contributed by atoms with Crippen molar-refractivity contribution in [2.24, 2.45) is 0 Å². The lowest BCUT2D eigenvalue weighted by molar-refractivity contribution is -0.147. The van der Waals surface area contributed by atoms with Crippen LogP contribution in [0.2, 0.25) is 0 Å². The van der Waals surface area contributed by atoms with E-state index in [4.69, 9.17) is 4.42 Å². The van der Waals surface area contributed by atoms with Gasteiger partial charge in [0.1, 0.15) is 17.2 Å². The number of hydrogen-bond acceptors (Lipinski definition) is 6. The molecule has 0 aliphatic rings. The molecule has 0 amide bonds. The third-order valence-corrected chi connectivity index (χ3v) is 5.49. The Morgan fingerprint density at radius 2 is 1.90 bits per heavy atom. The molecule has 0 aliphatic heterocycles. The number of nitrogens with zero attached hydrogens (tertiary/aromatic N) is 2. The molecule has 0 fully saturated rings. The molecule has 3 aromatic heterocycles. The van der Waals surface area contributed by atoms with Crippen LogP contribution in [0.5, 0.6) is 0 Å². The Hall–Kier alpha value is -3.15. The average molecular weight is 442 g/mol. The quantitative estimate of drug-likeness (QED) is 0.458. The zero-order chi connectivity index (χ0) is 21.8. The summed E-state index contributed by atoms with van der Waals surface area (Å²) in [5.41, 5.74) is 0.427. The van der Waals surface area contributed by atoms with E-state index < -0.39 is 33.6 Å². The van der Waals surface area contributed by atoms with Crippen molar-refractivity contribution < 1.29 is 30.4 Å². The summed E-state index contributed by atoms with van der Waals surface area (Å²) >= 11 is 0. The second-order valence-electron chi connectivity index (χ2n) is 6.73. The van der Waals surface area contributed by atoms with Gasteiger partial charge >= 0.3 is 6.18 Å². The maximum absolute atomic E-state index is 13.8. The van der Waals surface area contributed by atoms with Gasteiger partial charge in [0.15, 0.2) is 26.6 Å². The number of sulfone groups is 1. The lowest BCUT2D eigenvalue weighted by atomic mass is 10.1. The summed E-state index contributed by atoms with van der Waals surface area (Å²) in [6.45, 7) is 1.40. The largest absolute Gasteiger partial charge is 0.458 e. The summed E-state index contributed by atoms with van der Waals surface area (Å²) in [6.07, 6.45) is -3.82. The number of nitrogens with one attached hydrogen (secondary N) is 2. The first-order valence-corrected chi connectivity index (χ1v) is 10.4. The summed E-state index contributed by atoms with van der Waals surface area (Å²) in [6, 6.07) is 3.74. The zero-order valence-corrected chi connectivity index (χ0v) is 16.3. The number of halogens is 4. The van der Waals surface area contributed by atoms with Gasteiger partial charge in [-0.05, 0) is 37.3 Å². The van der Waals surface area contributed by atoms with Crippen LogP contribution in [0.1, 0.15) is 17.4 Å². The minimum atomic E-state index is -4.78. The van der Waals surface area contributed by atoms with Crippen molar-refractivity contribution in [2.75, 3.05) is 11.6 Å². The van der Waals surface area contributed by atoms with Crippen molar-refractivity contribution in [3.63, 3.8) is 0 Å². The maximum Gasteiger partial charge on any atom is 0.415 e. The second-order valence-corrected chi connectivity index (χ2v) is 8.69. The first-order chi connectivity index (χ1) is 13.9. The number of furan rings is 1. The topological polar surface area (TPSA) is 101 Å². The molecular formula is C18H14F4N4O3S. The van der Waals surface area contributed by atoms with Gasteiger partial charge < -0.3 is 14.7 Å². The zero-order valence-electron chi connectivity index (χ0n) is 15.5. The van der Waals surface area contributed by atoms with Crippen molar-refractivity contribution in [1.29, 1.82) is 0 Å². The highest BCUT2D eigenvalue weighted by Crippen LogP contribution is 2.40. The molecule has 1 atom stereocenters. The number of hydrogen-bond donors (Lipinski definition) is 2. The van der Waals surface area contributed by atoms with Gasteiger partial charge in [-0.1, -0.05) is 0 Å². The molecule has 3 heterocycles. The van der Waals surface area contributed by atoms with Gasteiger partial charge in [0.2, 0.25) is 5.95 Å². The Kier molecular flexibility index (Phi) is 4.49. The van der Waals surface area contributed by atoms with Crippen molar-refractivity contribution >= 4 is 37.9 Å². The van der Waals surface area contributed by atoms with Gasteiger partial charge in [-0.2, -0.15) is 18.2 Å². The highest BCUT2D eigenvalue weighted by molar-refractivity contribution is 7.90. The van der Waals surface area contributed by atoms with E-state index in [1.807, 2.05) is 0 Å². The van der Waals surface area contributed by atoms with Crippen LogP contribution in [0.4, 0.5) is 23.5 Å². The fraction of sp³-hybridized carbons (Fsp3) is 0.222. The molecule has 2 N–H and O–H groups in total. The molecule has 7 nitrogen and oxygen atoms in total. The van der Waals surface area contributed by atoms with Crippen molar-refractivity contribution in [3.8, 4) is 0 Å². The molecule has 1 aromatic carbocycles. The summed E-state index contributed by atoms with van der Waals surface area (Å²) < 4.78 is 83.6. The lowest BCUT2D eigenvalue weighted by Crippen LogP contribution is -2.28. The van der Waals surface area contributed by atoms with Crippen molar-refractivity contribution in [1.82, 2.24) is 15.0 Å². The average Bonchev–Trinajstić information content (AvgIpc) is 3.18. The third kappa shape index (κ3) is 3.58. The molecule has 30 heavy (non-hydrogen) atoms. The molecule has 158 valence electrons. The predicted molar refractivity (Wildman–Crippen MR) is 100 cm³/mol. The number of rotatable bonds is 4. The molecule has 0 radical (unpaired) electrons. The molecule has 4 rings (SSSR count). The van der Waals surface area contributed by atoms with Gasteiger partial charge in [-0.3, -0.25) is 0 Å². The highest BCUT2D eigenvalue weighted by Gasteiger charge is 2.45. The van der Waals surface area contributed by atoms with E-state index in [1.54, 1.807) is 0 Å². The van der Waals surface area contributed by atoms with Crippen LogP contribution < -0.4 is 5.32 Å². The second kappa shape index (κ2) is 6.69. The number of imidazole rings is 1. The van der Waals surface area contributed by atoms with Crippen LogP contribution in [0.15, 0.2) is 39.8 Å². The summed E-state index contributed by atoms with van der Waals surface area (Å²) in [4.78, 5) is 10.4. The minimum absolute atomic E-state index is 0.0650. The lowest BCUT2D eigenvalue weighted by Gasteiger charge is -2.20. The molecule has 1 unspecified atom stereocenters. The van der Waals surface area contributed by atoms with Crippen molar-refractivity contribution in [3.05, 3.63) is 47.5 Å². The monoisotopic (exact) mass is 442 g/mol. The highest BCUT2D eigenvalue weighted by atomic mass is 32.2. The number of anilines is 1. The first-order valence-electron chi connectivity index (χ1n) is 8.52. The van der Waals surface area contributed by atoms with Crippen LogP contribution >= 0.6 is 0 Å². The fourth-order valence-electron chi connectivity index (χ4n) is 3.07. The van der Waals surface area contributed by atoms with Gasteiger partial charge in [-0.15, -0.1) is 0 Å². The van der Waals surface area contributed by atoms with Crippen LogP contribution in [0.25, 0.3) is 22.1 Å². The van der Waals surface area contributed by atoms with Crippen LogP contribution in [0.3, 0.4) is 0 Å². The first kappa shape index (κ1) is 20.1. The number of aromatic nitrogens is 3. The SMILES string of the molecule is Cc1c(C(Nc2nc3nc(S(C)(=O)=O)ccc3[nH]2)C(F)(F)F)oc2ccc(F)cc12. The van der Waals surface area contributed by atoms with Crippen molar-refractivity contribution in [2.45, 2.75) is 24.2 Å². The van der Waals surface area contributed by atoms with Gasteiger partial charge in [0.05, 0.1) is 5.52 Å². The molecule has 12 heteroatoms. The molecule has 0 saturated heterocycles. The van der Waals surface area contributed by atoms with E-state index in [1.165, 1.54) is 25.1 Å². The van der Waals surface area contributed by atoms with E-state index in [-0.39, 0.29) is 38.7 Å². The number of pyridine rings is 1. The fourth-order valence-corrected chi connectivity index (χ4v) is 3.64. The number of aromatic amines is 1. The van der Waals surface area contributed by atoms with E-state index in [0.29, 0.717) is 0 Å². The smallest absolute Gasteiger partial charge is 0.415 e. The van der Waals surface area contributed by atoms with E-state index in [0.717, 1.165) is 18.4 Å². The normalized spacial score (nSPS) is 13.8. The van der Waals surface area contributed by atoms with Crippen LogP contribution in [-0.2, 0) is 9.84 Å². The number of H-pyrrole nitrogens is 1. The predicted octanol–water partition coefficient (Wildman–Crippen LogP) is 4.27. The Balaban J connectivity index is 1.77. The minimum Gasteiger partial charge on any atom is -0.458 e. The molecule has 0 saturated carbocycles. The van der Waals surface area contributed by atoms with Crippen LogP contribution in [-0.4, -0.2) is 35.8 Å². The number of fused-ring (bicyclic) bond motifs is 2. The third-order valence-electron chi connectivity index (χ3n) is 4.51.